The largest absolute Gasteiger partial charge is 0.416 e. The molecule has 0 aliphatic heterocycles. The number of carbonyl (C=O) groups is 1. The van der Waals surface area contributed by atoms with Crippen LogP contribution in [0, 0.1) is 0 Å². The van der Waals surface area contributed by atoms with Gasteiger partial charge < -0.3 is 0 Å². The number of pyridine rings is 1. The summed E-state index contributed by atoms with van der Waals surface area (Å²) in [5, 5.41) is 2.39. The fourth-order valence-corrected chi connectivity index (χ4v) is 10.2. The Balaban J connectivity index is 0.000000276. The molecule has 1 aromatic heterocycles. The number of aromatic nitrogens is 1. The van der Waals surface area contributed by atoms with Gasteiger partial charge in [-0.1, -0.05) is 133 Å². The molecule has 1 heterocycles. The number of carbonyl (C=O) groups excluding carboxylic acids is 1. The van der Waals surface area contributed by atoms with Gasteiger partial charge in [-0.15, -0.1) is 0 Å². The highest BCUT2D eigenvalue weighted by Crippen LogP contribution is 2.42. The highest BCUT2D eigenvalue weighted by molar-refractivity contribution is 7.20. The van der Waals surface area contributed by atoms with Crippen LogP contribution in [0.3, 0.4) is 0 Å². The van der Waals surface area contributed by atoms with Gasteiger partial charge in [0, 0.05) is 11.6 Å². The van der Waals surface area contributed by atoms with Gasteiger partial charge >= 0.3 is 49.4 Å². The third-order valence-corrected chi connectivity index (χ3v) is 13.9. The molecule has 0 bridgehead atoms. The average Bonchev–Trinajstić information content (AvgIpc) is 3.71. The van der Waals surface area contributed by atoms with Crippen molar-refractivity contribution in [2.45, 2.75) is 61.9 Å². The number of alkyl halides is 24. The molecule has 1 aliphatic rings. The maximum absolute atomic E-state index is 14.2. The predicted octanol–water partition coefficient (Wildman–Crippen LogP) is 16.4. The number of hydrogen-bond acceptors (Lipinski definition) is 1. The minimum atomic E-state index is -6.13. The number of ketones is 1. The van der Waals surface area contributed by atoms with Crippen molar-refractivity contribution >= 4 is 50.6 Å². The summed E-state index contributed by atoms with van der Waals surface area (Å²) in [6.07, 6.45) is -48.3. The zero-order valence-corrected chi connectivity index (χ0v) is 42.0. The summed E-state index contributed by atoms with van der Waals surface area (Å²) in [6.45, 7) is 0.330. The van der Waals surface area contributed by atoms with Crippen molar-refractivity contribution < 1.29 is 115 Å². The zero-order valence-electron chi connectivity index (χ0n) is 42.0. The summed E-state index contributed by atoms with van der Waals surface area (Å²) in [5.74, 6) is 0.267. The van der Waals surface area contributed by atoms with E-state index in [1.54, 1.807) is 0 Å². The van der Waals surface area contributed by atoms with Crippen LogP contribution in [0.25, 0.3) is 16.8 Å². The van der Waals surface area contributed by atoms with E-state index in [0.29, 0.717) is 6.54 Å². The normalized spacial score (nSPS) is 14.5. The first-order valence-corrected chi connectivity index (χ1v) is 24.2. The van der Waals surface area contributed by atoms with E-state index >= 15 is 0 Å². The summed E-state index contributed by atoms with van der Waals surface area (Å²) in [4.78, 5) is 12.9. The van der Waals surface area contributed by atoms with Crippen LogP contribution in [-0.2, 0) is 56.0 Å². The van der Waals surface area contributed by atoms with Crippen molar-refractivity contribution in [2.24, 2.45) is 0 Å². The molecule has 27 heteroatoms. The lowest BCUT2D eigenvalue weighted by molar-refractivity contribution is -0.689. The van der Waals surface area contributed by atoms with Gasteiger partial charge in [-0.05, 0) is 46.8 Å². The Bertz CT molecular complexity index is 3410. The van der Waals surface area contributed by atoms with Gasteiger partial charge in [0.1, 0.15) is 6.15 Å². The van der Waals surface area contributed by atoms with Crippen molar-refractivity contribution in [3.8, 4) is 0 Å². The van der Waals surface area contributed by atoms with Crippen LogP contribution in [0.5, 0.6) is 0 Å². The molecule has 8 aromatic rings. The molecule has 0 saturated carbocycles. The van der Waals surface area contributed by atoms with E-state index < -0.39 is 195 Å². The summed E-state index contributed by atoms with van der Waals surface area (Å²) < 4.78 is 343. The molecule has 85 heavy (non-hydrogen) atoms. The lowest BCUT2D eigenvalue weighted by Crippen LogP contribution is -2.75. The molecular formula is C58H32BF24NO. The smallest absolute Gasteiger partial charge is 0.287 e. The second-order valence-electron chi connectivity index (χ2n) is 19.4. The van der Waals surface area contributed by atoms with Crippen LogP contribution in [0.2, 0.25) is 0 Å². The summed E-state index contributed by atoms with van der Waals surface area (Å²) >= 11 is 0. The van der Waals surface area contributed by atoms with Crippen molar-refractivity contribution in [1.29, 1.82) is 0 Å². The Labute approximate surface area is 463 Å². The van der Waals surface area contributed by atoms with Crippen molar-refractivity contribution in [3.63, 3.8) is 0 Å². The molecular weight excluding hydrogens is 1190 g/mol. The monoisotopic (exact) mass is 1230 g/mol. The summed E-state index contributed by atoms with van der Waals surface area (Å²) in [5.41, 5.74) is -25.7. The number of fused-ring (bicyclic) bond motifs is 2. The molecule has 1 atom stereocenters. The van der Waals surface area contributed by atoms with E-state index in [4.69, 9.17) is 0 Å². The number of Topliss-reactive ketones (excluding diaryl/α,β-unsaturated/α-hetero) is 1. The lowest BCUT2D eigenvalue weighted by atomic mass is 9.12. The fraction of sp³-hybridized carbons (Fsp3) is 0.172. The number of allylic oxidation sites excluding steroid dienone is 1. The first kappa shape index (κ1) is 62.8. The van der Waals surface area contributed by atoms with Crippen LogP contribution in [-0.4, -0.2) is 11.9 Å². The highest BCUT2D eigenvalue weighted by Gasteiger charge is 2.47. The summed E-state index contributed by atoms with van der Waals surface area (Å²) in [7, 11) is 0. The molecule has 0 N–H and O–H groups in total. The quantitative estimate of drug-likeness (QED) is 0.0643. The van der Waals surface area contributed by atoms with Crippen molar-refractivity contribution in [3.05, 3.63) is 237 Å². The van der Waals surface area contributed by atoms with Gasteiger partial charge in [-0.3, -0.25) is 4.79 Å². The van der Waals surface area contributed by atoms with E-state index in [-0.39, 0.29) is 11.7 Å². The first-order chi connectivity index (χ1) is 39.1. The standard InChI is InChI=1S/C32H12BF24.C26H20NO/c34-25(35,36)13-1-14(26(37,38)39)6-21(5-13)33(22-7-15(27(40,41)42)2-16(8-22)28(43,44)45,23-9-17(29(46,47)48)3-18(10-23)30(49,50)51)24-11-19(31(52,53)54)4-20(12-24)32(55,56)57;28-25(21-10-2-1-3-11-21)18-27-17-16-20-9-5-7-13-23(20)26(27)24-15-14-19-8-4-6-12-22(19)24/h1-12H;1-17,24H,18H2/q-1;+1. The first-order valence-electron chi connectivity index (χ1n) is 24.2. The van der Waals surface area contributed by atoms with Gasteiger partial charge in [0.15, 0.2) is 6.20 Å². The number of rotatable bonds is 8. The molecule has 1 aliphatic carbocycles. The maximum Gasteiger partial charge on any atom is 0.416 e. The average molecular weight is 1230 g/mol. The Morgan fingerprint density at radius 2 is 0.694 bits per heavy atom. The van der Waals surface area contributed by atoms with E-state index in [2.05, 4.69) is 71.3 Å². The van der Waals surface area contributed by atoms with Crippen molar-refractivity contribution in [2.75, 3.05) is 0 Å². The number of halogens is 24. The Hall–Kier alpha value is -8.26. The van der Waals surface area contributed by atoms with Crippen molar-refractivity contribution in [1.82, 2.24) is 0 Å². The highest BCUT2D eigenvalue weighted by atomic mass is 19.4. The molecule has 2 nitrogen and oxygen atoms in total. The fourth-order valence-electron chi connectivity index (χ4n) is 10.2. The van der Waals surface area contributed by atoms with Gasteiger partial charge in [-0.2, -0.15) is 132 Å². The molecule has 446 valence electrons. The molecule has 1 unspecified atom stereocenters. The molecule has 0 saturated heterocycles. The van der Waals surface area contributed by atoms with Crippen LogP contribution in [0.4, 0.5) is 105 Å². The lowest BCUT2D eigenvalue weighted by Gasteiger charge is -2.46. The second kappa shape index (κ2) is 22.0. The third kappa shape index (κ3) is 13.3. The molecule has 0 fully saturated rings. The van der Waals surface area contributed by atoms with Crippen LogP contribution < -0.4 is 26.4 Å². The van der Waals surface area contributed by atoms with E-state index in [9.17, 15) is 110 Å². The van der Waals surface area contributed by atoms with E-state index in [0.717, 1.165) is 5.56 Å². The molecule has 9 rings (SSSR count). The SMILES string of the molecule is FC(F)(F)c1cc([B-](c2cc(C(F)(F)F)cc(C(F)(F)F)c2)(c2cc(C(F)(F)F)cc(C(F)(F)F)c2)c2cc(C(F)(F)F)cc(C(F)(F)F)c2)cc(C(F)(F)F)c1.O=C(C[n+]1ccc2ccccc2c1C1C=Cc2ccccc21)c1ccccc1. The minimum absolute atomic E-state index is 0.123. The third-order valence-electron chi connectivity index (χ3n) is 13.9. The van der Waals surface area contributed by atoms with Crippen LogP contribution in [0.1, 0.15) is 77.6 Å². The van der Waals surface area contributed by atoms with Crippen LogP contribution in [0.15, 0.2) is 170 Å². The molecule has 7 aromatic carbocycles. The van der Waals surface area contributed by atoms with Gasteiger partial charge in [-0.25, -0.2) is 0 Å². The zero-order chi connectivity index (χ0) is 62.8. The van der Waals surface area contributed by atoms with E-state index in [1.165, 1.54) is 27.6 Å². The molecule has 0 amide bonds. The number of nitrogens with zero attached hydrogens (tertiary/aromatic N) is 1. The maximum atomic E-state index is 14.2. The predicted molar refractivity (Wildman–Crippen MR) is 262 cm³/mol. The Morgan fingerprint density at radius 3 is 1.05 bits per heavy atom. The molecule has 0 spiro atoms. The van der Waals surface area contributed by atoms with Gasteiger partial charge in [0.05, 0.1) is 55.8 Å². The minimum Gasteiger partial charge on any atom is -0.287 e. The van der Waals surface area contributed by atoms with Crippen LogP contribution >= 0.6 is 0 Å². The number of hydrogen-bond donors (Lipinski definition) is 0. The summed E-state index contributed by atoms with van der Waals surface area (Å²) in [6, 6.07) is 19.7. The number of benzene rings is 7. The Kier molecular flexibility index (Phi) is 16.2. The second-order valence-corrected chi connectivity index (χ2v) is 19.4. The molecule has 0 radical (unpaired) electrons. The van der Waals surface area contributed by atoms with Gasteiger partial charge in [0.2, 0.25) is 18.0 Å². The van der Waals surface area contributed by atoms with Gasteiger partial charge in [0.25, 0.3) is 0 Å². The Morgan fingerprint density at radius 1 is 0.376 bits per heavy atom. The van der Waals surface area contributed by atoms with E-state index in [1.807, 2.05) is 36.5 Å². The topological polar surface area (TPSA) is 20.9 Å².